The van der Waals surface area contributed by atoms with Crippen LogP contribution in [0.1, 0.15) is 35.4 Å². The van der Waals surface area contributed by atoms with Gasteiger partial charge >= 0.3 is 6.18 Å². The third kappa shape index (κ3) is 3.48. The van der Waals surface area contributed by atoms with Crippen molar-refractivity contribution in [3.63, 3.8) is 0 Å². The molecule has 2 atom stereocenters. The van der Waals surface area contributed by atoms with Gasteiger partial charge in [0.1, 0.15) is 0 Å². The molecule has 0 bridgehead atoms. The number of halogens is 3. The minimum atomic E-state index is -4.07. The topological polar surface area (TPSA) is 12.0 Å². The molecule has 2 rings (SSSR count). The lowest BCUT2D eigenvalue weighted by Gasteiger charge is -2.33. The standard InChI is InChI=1S/C13H18F3NS/c1-9-6-7-10(18-9)8-17-12-5-3-2-4-11(12)13(14,15)16/h6-7,11-12,17H,2-5,8H2,1H3. The lowest BCUT2D eigenvalue weighted by Crippen LogP contribution is -2.45. The molecule has 18 heavy (non-hydrogen) atoms. The fourth-order valence-corrected chi connectivity index (χ4v) is 3.42. The van der Waals surface area contributed by atoms with Crippen molar-refractivity contribution in [2.45, 2.75) is 51.4 Å². The Kier molecular flexibility index (Phi) is 4.33. The van der Waals surface area contributed by atoms with Crippen molar-refractivity contribution in [2.75, 3.05) is 0 Å². The molecular weight excluding hydrogens is 259 g/mol. The molecule has 1 aliphatic carbocycles. The molecule has 0 spiro atoms. The first-order valence-corrected chi connectivity index (χ1v) is 7.14. The van der Waals surface area contributed by atoms with Crippen LogP contribution in [0.15, 0.2) is 12.1 Å². The highest BCUT2D eigenvalue weighted by Gasteiger charge is 2.45. The lowest BCUT2D eigenvalue weighted by molar-refractivity contribution is -0.189. The van der Waals surface area contributed by atoms with Crippen molar-refractivity contribution in [1.82, 2.24) is 5.32 Å². The van der Waals surface area contributed by atoms with Gasteiger partial charge in [-0.25, -0.2) is 0 Å². The van der Waals surface area contributed by atoms with E-state index >= 15 is 0 Å². The number of rotatable bonds is 3. The number of nitrogens with one attached hydrogen (secondary N) is 1. The van der Waals surface area contributed by atoms with Gasteiger partial charge in [-0.1, -0.05) is 12.8 Å². The number of hydrogen-bond donors (Lipinski definition) is 1. The average Bonchev–Trinajstić information content (AvgIpc) is 2.72. The molecule has 0 amide bonds. The van der Waals surface area contributed by atoms with Crippen LogP contribution < -0.4 is 5.32 Å². The van der Waals surface area contributed by atoms with E-state index in [2.05, 4.69) is 5.32 Å². The third-order valence-electron chi connectivity index (χ3n) is 3.52. The molecule has 1 N–H and O–H groups in total. The van der Waals surface area contributed by atoms with Crippen molar-refractivity contribution < 1.29 is 13.2 Å². The van der Waals surface area contributed by atoms with Crippen molar-refractivity contribution in [3.8, 4) is 0 Å². The fraction of sp³-hybridized carbons (Fsp3) is 0.692. The van der Waals surface area contributed by atoms with Crippen LogP contribution in [0, 0.1) is 12.8 Å². The van der Waals surface area contributed by atoms with Gasteiger partial charge in [0.25, 0.3) is 0 Å². The van der Waals surface area contributed by atoms with Gasteiger partial charge in [0.2, 0.25) is 0 Å². The normalized spacial score (nSPS) is 25.3. The highest BCUT2D eigenvalue weighted by molar-refractivity contribution is 7.11. The van der Waals surface area contributed by atoms with Gasteiger partial charge in [0.05, 0.1) is 5.92 Å². The highest BCUT2D eigenvalue weighted by atomic mass is 32.1. The predicted molar refractivity (Wildman–Crippen MR) is 67.7 cm³/mol. The zero-order chi connectivity index (χ0) is 13.2. The second-order valence-corrected chi connectivity index (χ2v) is 6.30. The maximum Gasteiger partial charge on any atom is 0.393 e. The molecule has 1 aromatic rings. The van der Waals surface area contributed by atoms with Crippen LogP contribution >= 0.6 is 11.3 Å². The Balaban J connectivity index is 1.93. The fourth-order valence-electron chi connectivity index (χ4n) is 2.58. The summed E-state index contributed by atoms with van der Waals surface area (Å²) in [5.74, 6) is -1.17. The van der Waals surface area contributed by atoms with Gasteiger partial charge in [-0.3, -0.25) is 0 Å². The maximum absolute atomic E-state index is 12.9. The van der Waals surface area contributed by atoms with E-state index in [0.717, 1.165) is 11.3 Å². The predicted octanol–water partition coefficient (Wildman–Crippen LogP) is 4.27. The smallest absolute Gasteiger partial charge is 0.308 e. The molecule has 0 aliphatic heterocycles. The van der Waals surface area contributed by atoms with Crippen LogP contribution in [0.25, 0.3) is 0 Å². The molecule has 1 heterocycles. The first-order valence-electron chi connectivity index (χ1n) is 6.32. The van der Waals surface area contributed by atoms with Crippen molar-refractivity contribution in [1.29, 1.82) is 0 Å². The summed E-state index contributed by atoms with van der Waals surface area (Å²) in [7, 11) is 0. The lowest BCUT2D eigenvalue weighted by atomic mass is 9.84. The Bertz CT molecular complexity index is 386. The zero-order valence-electron chi connectivity index (χ0n) is 10.4. The van der Waals surface area contributed by atoms with Crippen LogP contribution in [-0.4, -0.2) is 12.2 Å². The van der Waals surface area contributed by atoms with Gasteiger partial charge < -0.3 is 5.32 Å². The van der Waals surface area contributed by atoms with Gasteiger partial charge in [0.15, 0.2) is 0 Å². The van der Waals surface area contributed by atoms with E-state index in [0.29, 0.717) is 19.4 Å². The summed E-state index contributed by atoms with van der Waals surface area (Å²) in [4.78, 5) is 2.31. The first-order chi connectivity index (χ1) is 8.47. The van der Waals surface area contributed by atoms with E-state index in [4.69, 9.17) is 0 Å². The van der Waals surface area contributed by atoms with E-state index in [1.54, 1.807) is 11.3 Å². The highest BCUT2D eigenvalue weighted by Crippen LogP contribution is 2.37. The Labute approximate surface area is 109 Å². The number of thiophene rings is 1. The molecule has 1 aromatic heterocycles. The molecule has 1 fully saturated rings. The summed E-state index contributed by atoms with van der Waals surface area (Å²) in [5, 5.41) is 3.10. The Morgan fingerprint density at radius 3 is 2.61 bits per heavy atom. The Morgan fingerprint density at radius 2 is 2.00 bits per heavy atom. The second kappa shape index (κ2) is 5.61. The van der Waals surface area contributed by atoms with Gasteiger partial charge in [-0.2, -0.15) is 13.2 Å². The SMILES string of the molecule is Cc1ccc(CNC2CCCCC2C(F)(F)F)s1. The van der Waals surface area contributed by atoms with Gasteiger partial charge in [-0.05, 0) is 31.9 Å². The van der Waals surface area contributed by atoms with Crippen LogP contribution in [0.5, 0.6) is 0 Å². The van der Waals surface area contributed by atoms with Crippen LogP contribution in [0.4, 0.5) is 13.2 Å². The summed E-state index contributed by atoms with van der Waals surface area (Å²) >= 11 is 1.64. The molecule has 0 radical (unpaired) electrons. The second-order valence-electron chi connectivity index (χ2n) is 4.93. The third-order valence-corrected chi connectivity index (χ3v) is 4.52. The summed E-state index contributed by atoms with van der Waals surface area (Å²) in [6, 6.07) is 3.57. The molecule has 102 valence electrons. The quantitative estimate of drug-likeness (QED) is 0.870. The summed E-state index contributed by atoms with van der Waals surface area (Å²) < 4.78 is 38.7. The van der Waals surface area contributed by atoms with Gasteiger partial charge in [-0.15, -0.1) is 11.3 Å². The Morgan fingerprint density at radius 1 is 1.28 bits per heavy atom. The van der Waals surface area contributed by atoms with E-state index in [9.17, 15) is 13.2 Å². The zero-order valence-corrected chi connectivity index (χ0v) is 11.2. The largest absolute Gasteiger partial charge is 0.393 e. The molecule has 1 aliphatic rings. The number of aryl methyl sites for hydroxylation is 1. The molecule has 0 saturated heterocycles. The monoisotopic (exact) mass is 277 g/mol. The van der Waals surface area contributed by atoms with E-state index in [1.807, 2.05) is 19.1 Å². The molecule has 1 nitrogen and oxygen atoms in total. The first kappa shape index (κ1) is 13.9. The minimum Gasteiger partial charge on any atom is -0.308 e. The maximum atomic E-state index is 12.9. The van der Waals surface area contributed by atoms with Crippen LogP contribution in [0.3, 0.4) is 0 Å². The van der Waals surface area contributed by atoms with E-state index in [-0.39, 0.29) is 6.42 Å². The summed E-state index contributed by atoms with van der Waals surface area (Å²) in [6.07, 6.45) is -1.57. The van der Waals surface area contributed by atoms with Gasteiger partial charge in [0, 0.05) is 22.3 Å². The van der Waals surface area contributed by atoms with Crippen LogP contribution in [-0.2, 0) is 6.54 Å². The van der Waals surface area contributed by atoms with E-state index < -0.39 is 18.1 Å². The number of hydrogen-bond acceptors (Lipinski definition) is 2. The van der Waals surface area contributed by atoms with Crippen molar-refractivity contribution in [2.24, 2.45) is 5.92 Å². The average molecular weight is 277 g/mol. The van der Waals surface area contributed by atoms with Crippen molar-refractivity contribution >= 4 is 11.3 Å². The molecule has 1 saturated carbocycles. The minimum absolute atomic E-state index is 0.268. The Hall–Kier alpha value is -0.550. The number of alkyl halides is 3. The molecule has 5 heteroatoms. The van der Waals surface area contributed by atoms with E-state index in [1.165, 1.54) is 4.88 Å². The molecule has 0 aromatic carbocycles. The summed E-state index contributed by atoms with van der Waals surface area (Å²) in [5.41, 5.74) is 0. The summed E-state index contributed by atoms with van der Waals surface area (Å²) in [6.45, 7) is 2.56. The van der Waals surface area contributed by atoms with Crippen molar-refractivity contribution in [3.05, 3.63) is 21.9 Å². The molecule has 2 unspecified atom stereocenters. The van der Waals surface area contributed by atoms with Crippen LogP contribution in [0.2, 0.25) is 0 Å². The molecular formula is C13H18F3NS.